The van der Waals surface area contributed by atoms with Crippen LogP contribution in [0, 0.1) is 0 Å². The highest BCUT2D eigenvalue weighted by atomic mass is 16.8. The molecular formula is C73H131NO18. The molecule has 0 aromatic carbocycles. The van der Waals surface area contributed by atoms with E-state index in [9.17, 15) is 61.0 Å². The molecule has 17 unspecified atom stereocenters. The largest absolute Gasteiger partial charge is 0.394 e. The van der Waals surface area contributed by atoms with Gasteiger partial charge in [-0.1, -0.05) is 261 Å². The number of hydrogen-bond acceptors (Lipinski definition) is 18. The van der Waals surface area contributed by atoms with E-state index in [0.29, 0.717) is 6.42 Å². The first-order valence-corrected chi connectivity index (χ1v) is 36.5. The van der Waals surface area contributed by atoms with Gasteiger partial charge in [-0.25, -0.2) is 0 Å². The number of ether oxygens (including phenoxy) is 6. The van der Waals surface area contributed by atoms with Crippen LogP contribution in [0.25, 0.3) is 0 Å². The zero-order valence-corrected chi connectivity index (χ0v) is 56.8. The number of nitrogens with one attached hydrogen (secondary N) is 1. The molecule has 92 heavy (non-hydrogen) atoms. The Labute approximate surface area is 554 Å². The van der Waals surface area contributed by atoms with Gasteiger partial charge in [0.25, 0.3) is 0 Å². The second-order valence-electron chi connectivity index (χ2n) is 26.0. The van der Waals surface area contributed by atoms with Crippen LogP contribution in [0.15, 0.2) is 60.8 Å². The van der Waals surface area contributed by atoms with Crippen LogP contribution in [0.5, 0.6) is 0 Å². The lowest BCUT2D eigenvalue weighted by Crippen LogP contribution is -2.66. The van der Waals surface area contributed by atoms with E-state index in [0.717, 1.165) is 64.2 Å². The standard InChI is InChI=1S/C73H131NO18/c1-3-5-7-9-11-13-15-17-19-20-21-22-23-24-25-26-27-28-29-30-31-32-33-34-35-37-38-40-42-44-46-48-50-57(78)56(74-61(79)51-49-47-45-43-41-39-36-18-16-14-12-10-8-6-4-2)55-87-71-67(85)64(82)69(59(53-76)89-71)92-73-68(86)65(83)70(60(54-77)90-73)91-72-66(84)63(81)62(80)58(52-75)88-72/h6,8,12,14,18,36,41,43,48,50,56-60,62-73,75-78,80-86H,3-5,7,9-11,13,15-17,19-35,37-40,42,44-47,49,51-55H2,1-2H3,(H,74,79)/b8-6-,14-12-,36-18-,43-41-,50-48+. The maximum atomic E-state index is 13.4. The zero-order chi connectivity index (χ0) is 66.8. The Morgan fingerprint density at radius 3 is 1.17 bits per heavy atom. The number of allylic oxidation sites excluding steroid dienone is 9. The van der Waals surface area contributed by atoms with Crippen LogP contribution in [0.2, 0.25) is 0 Å². The van der Waals surface area contributed by atoms with Crippen LogP contribution in [-0.2, 0) is 33.2 Å². The SMILES string of the molecule is CC/C=C\C/C=C\C/C=C\C/C=C\CCCCC(=O)NC(COC1OC(CO)C(OC2OC(CO)C(OC3OC(CO)C(O)C(O)C3O)C(O)C2O)C(O)C1O)C(O)/C=C/CCCCCCCCCCCCCCCCCCCCCCCCCCCCCCCC. The van der Waals surface area contributed by atoms with Gasteiger partial charge in [-0.3, -0.25) is 4.79 Å². The molecule has 0 spiro atoms. The molecule has 3 fully saturated rings. The molecule has 0 saturated carbocycles. The van der Waals surface area contributed by atoms with Gasteiger partial charge in [-0.05, 0) is 57.8 Å². The van der Waals surface area contributed by atoms with Gasteiger partial charge in [0.1, 0.15) is 73.2 Å². The van der Waals surface area contributed by atoms with Crippen LogP contribution in [0.3, 0.4) is 0 Å². The van der Waals surface area contributed by atoms with Crippen molar-refractivity contribution >= 4 is 5.91 Å². The molecule has 3 aliphatic heterocycles. The number of amides is 1. The number of carbonyl (C=O) groups excluding carboxylic acids is 1. The molecule has 3 saturated heterocycles. The van der Waals surface area contributed by atoms with Crippen molar-refractivity contribution in [3.63, 3.8) is 0 Å². The third-order valence-corrected chi connectivity index (χ3v) is 18.1. The Balaban J connectivity index is 1.38. The van der Waals surface area contributed by atoms with Crippen molar-refractivity contribution in [1.82, 2.24) is 5.32 Å². The fourth-order valence-corrected chi connectivity index (χ4v) is 12.2. The molecule has 12 N–H and O–H groups in total. The molecular weight excluding hydrogens is 1180 g/mol. The van der Waals surface area contributed by atoms with Gasteiger partial charge in [0.15, 0.2) is 18.9 Å². The minimum absolute atomic E-state index is 0.189. The van der Waals surface area contributed by atoms with Crippen molar-refractivity contribution in [3.05, 3.63) is 60.8 Å². The first-order valence-electron chi connectivity index (χ1n) is 36.5. The van der Waals surface area contributed by atoms with Crippen molar-refractivity contribution in [2.24, 2.45) is 0 Å². The van der Waals surface area contributed by atoms with E-state index in [1.807, 2.05) is 6.08 Å². The number of aliphatic hydroxyl groups is 11. The Morgan fingerprint density at radius 2 is 0.750 bits per heavy atom. The zero-order valence-electron chi connectivity index (χ0n) is 56.8. The monoisotopic (exact) mass is 1310 g/mol. The summed E-state index contributed by atoms with van der Waals surface area (Å²) in [4.78, 5) is 13.4. The van der Waals surface area contributed by atoms with Crippen molar-refractivity contribution < 1.29 is 89.4 Å². The van der Waals surface area contributed by atoms with Gasteiger partial charge in [0, 0.05) is 6.42 Å². The summed E-state index contributed by atoms with van der Waals surface area (Å²) in [5.74, 6) is -0.315. The predicted octanol–water partition coefficient (Wildman–Crippen LogP) is 10.3. The number of aliphatic hydroxyl groups excluding tert-OH is 11. The third-order valence-electron chi connectivity index (χ3n) is 18.1. The number of carbonyl (C=O) groups is 1. The Kier molecular flexibility index (Phi) is 49.6. The van der Waals surface area contributed by atoms with E-state index in [4.69, 9.17) is 28.4 Å². The molecule has 3 heterocycles. The van der Waals surface area contributed by atoms with Crippen LogP contribution < -0.4 is 5.32 Å². The molecule has 17 atom stereocenters. The van der Waals surface area contributed by atoms with E-state index < -0.39 is 124 Å². The third kappa shape index (κ3) is 35.7. The summed E-state index contributed by atoms with van der Waals surface area (Å²) in [5, 5.41) is 120. The first-order chi connectivity index (χ1) is 44.8. The Bertz CT molecular complexity index is 1900. The van der Waals surface area contributed by atoms with E-state index in [1.54, 1.807) is 6.08 Å². The van der Waals surface area contributed by atoms with Crippen LogP contribution in [-0.4, -0.2) is 193 Å². The summed E-state index contributed by atoms with van der Waals surface area (Å²) >= 11 is 0. The second-order valence-corrected chi connectivity index (χ2v) is 26.0. The minimum atomic E-state index is -1.98. The summed E-state index contributed by atoms with van der Waals surface area (Å²) in [5.41, 5.74) is 0. The van der Waals surface area contributed by atoms with Gasteiger partial charge < -0.3 is 89.9 Å². The van der Waals surface area contributed by atoms with Crippen molar-refractivity contribution in [2.45, 2.75) is 369 Å². The highest BCUT2D eigenvalue weighted by Gasteiger charge is 2.53. The fraction of sp³-hybridized carbons (Fsp3) is 0.849. The van der Waals surface area contributed by atoms with E-state index in [-0.39, 0.29) is 18.9 Å². The normalized spacial score (nSPS) is 28.0. The van der Waals surface area contributed by atoms with Gasteiger partial charge >= 0.3 is 0 Å². The highest BCUT2D eigenvalue weighted by Crippen LogP contribution is 2.33. The molecule has 0 radical (unpaired) electrons. The van der Waals surface area contributed by atoms with Crippen molar-refractivity contribution in [3.8, 4) is 0 Å². The molecule has 0 aliphatic carbocycles. The van der Waals surface area contributed by atoms with Crippen LogP contribution in [0.4, 0.5) is 0 Å². The van der Waals surface area contributed by atoms with Crippen molar-refractivity contribution in [2.75, 3.05) is 26.4 Å². The van der Waals surface area contributed by atoms with Gasteiger partial charge in [0.05, 0.1) is 38.6 Å². The lowest BCUT2D eigenvalue weighted by Gasteiger charge is -2.48. The number of hydrogen-bond donors (Lipinski definition) is 12. The summed E-state index contributed by atoms with van der Waals surface area (Å²) in [7, 11) is 0. The average Bonchev–Trinajstić information content (AvgIpc) is 0.837. The number of unbranched alkanes of at least 4 members (excludes halogenated alkanes) is 32. The lowest BCUT2D eigenvalue weighted by atomic mass is 9.96. The number of rotatable bonds is 56. The van der Waals surface area contributed by atoms with Crippen molar-refractivity contribution in [1.29, 1.82) is 0 Å². The topological polar surface area (TPSA) is 307 Å². The molecule has 0 aromatic rings. The molecule has 0 bridgehead atoms. The minimum Gasteiger partial charge on any atom is -0.394 e. The van der Waals surface area contributed by atoms with Gasteiger partial charge in [0.2, 0.25) is 5.91 Å². The van der Waals surface area contributed by atoms with E-state index >= 15 is 0 Å². The maximum Gasteiger partial charge on any atom is 0.220 e. The quantitative estimate of drug-likeness (QED) is 0.0199. The maximum absolute atomic E-state index is 13.4. The molecule has 0 aromatic heterocycles. The lowest BCUT2D eigenvalue weighted by molar-refractivity contribution is -0.379. The predicted molar refractivity (Wildman–Crippen MR) is 360 cm³/mol. The summed E-state index contributed by atoms with van der Waals surface area (Å²) < 4.78 is 34.3. The van der Waals surface area contributed by atoms with E-state index in [2.05, 4.69) is 67.8 Å². The molecule has 19 heteroatoms. The van der Waals surface area contributed by atoms with Gasteiger partial charge in [-0.15, -0.1) is 0 Å². The Morgan fingerprint density at radius 1 is 0.402 bits per heavy atom. The van der Waals surface area contributed by atoms with Crippen LogP contribution in [0.1, 0.15) is 264 Å². The van der Waals surface area contributed by atoms with Gasteiger partial charge in [-0.2, -0.15) is 0 Å². The van der Waals surface area contributed by atoms with E-state index in [1.165, 1.54) is 173 Å². The molecule has 3 rings (SSSR count). The molecule has 19 nitrogen and oxygen atoms in total. The fourth-order valence-electron chi connectivity index (χ4n) is 12.2. The molecule has 3 aliphatic rings. The summed E-state index contributed by atoms with van der Waals surface area (Å²) in [6, 6.07) is -0.998. The smallest absolute Gasteiger partial charge is 0.220 e. The summed E-state index contributed by atoms with van der Waals surface area (Å²) in [6.07, 6.45) is 40.9. The highest BCUT2D eigenvalue weighted by molar-refractivity contribution is 5.76. The van der Waals surface area contributed by atoms with Crippen LogP contribution >= 0.6 is 0 Å². The Hall–Kier alpha value is -2.51. The average molecular weight is 1310 g/mol. The molecule has 536 valence electrons. The molecule has 1 amide bonds. The summed E-state index contributed by atoms with van der Waals surface area (Å²) in [6.45, 7) is 1.60. The second kappa shape index (κ2) is 54.5. The first kappa shape index (κ1) is 83.7.